The standard InChI is InChI=1S/C24H27N5O4S/c1-2-33-23-16-25-15-21(28-23)17-10-12-18(13-11-17)24(30)26-14-19-6-5-9-22(27-19)29-34(31,32)20-7-3-4-8-20/h5-6,9-13,15-16,20H,2-4,7-8,14H2,1H3,(H,26,30)(H,27,29). The Morgan fingerprint density at radius 3 is 2.56 bits per heavy atom. The summed E-state index contributed by atoms with van der Waals surface area (Å²) < 4.78 is 33.0. The molecule has 1 aliphatic carbocycles. The molecule has 9 nitrogen and oxygen atoms in total. The van der Waals surface area contributed by atoms with Crippen molar-refractivity contribution in [3.63, 3.8) is 0 Å². The Morgan fingerprint density at radius 2 is 1.82 bits per heavy atom. The molecule has 1 fully saturated rings. The molecule has 3 aromatic rings. The van der Waals surface area contributed by atoms with Crippen LogP contribution in [0.4, 0.5) is 5.82 Å². The summed E-state index contributed by atoms with van der Waals surface area (Å²) in [6, 6.07) is 12.1. The van der Waals surface area contributed by atoms with Crippen molar-refractivity contribution in [1.82, 2.24) is 20.3 Å². The zero-order chi connectivity index (χ0) is 24.0. The van der Waals surface area contributed by atoms with Crippen molar-refractivity contribution < 1.29 is 17.9 Å². The second-order valence-corrected chi connectivity index (χ2v) is 9.96. The lowest BCUT2D eigenvalue weighted by Crippen LogP contribution is -2.26. The monoisotopic (exact) mass is 481 g/mol. The molecule has 0 radical (unpaired) electrons. The highest BCUT2D eigenvalue weighted by atomic mass is 32.2. The van der Waals surface area contributed by atoms with Crippen molar-refractivity contribution in [3.05, 3.63) is 66.1 Å². The van der Waals surface area contributed by atoms with Gasteiger partial charge >= 0.3 is 0 Å². The van der Waals surface area contributed by atoms with Gasteiger partial charge in [0, 0.05) is 11.1 Å². The van der Waals surface area contributed by atoms with E-state index in [0.717, 1.165) is 18.4 Å². The quantitative estimate of drug-likeness (QED) is 0.479. The van der Waals surface area contributed by atoms with E-state index in [1.165, 1.54) is 0 Å². The minimum atomic E-state index is -3.45. The Kier molecular flexibility index (Phi) is 7.36. The number of carbonyl (C=O) groups excluding carboxylic acids is 1. The van der Waals surface area contributed by atoms with E-state index in [1.807, 2.05) is 6.92 Å². The predicted octanol–water partition coefficient (Wildman–Crippen LogP) is 3.55. The second-order valence-electron chi connectivity index (χ2n) is 8.00. The van der Waals surface area contributed by atoms with Crippen LogP contribution < -0.4 is 14.8 Å². The van der Waals surface area contributed by atoms with Gasteiger partial charge in [-0.25, -0.2) is 18.4 Å². The number of aromatic nitrogens is 3. The number of nitrogens with one attached hydrogen (secondary N) is 2. The number of rotatable bonds is 9. The molecule has 2 heterocycles. The summed E-state index contributed by atoms with van der Waals surface area (Å²) in [5.74, 6) is 0.444. The first-order chi connectivity index (χ1) is 16.4. The number of pyridine rings is 1. The van der Waals surface area contributed by atoms with Crippen LogP contribution in [0.5, 0.6) is 5.88 Å². The van der Waals surface area contributed by atoms with Crippen LogP contribution in [-0.4, -0.2) is 41.1 Å². The summed E-state index contributed by atoms with van der Waals surface area (Å²) in [5.41, 5.74) is 2.50. The van der Waals surface area contributed by atoms with Gasteiger partial charge in [-0.1, -0.05) is 31.0 Å². The van der Waals surface area contributed by atoms with Gasteiger partial charge in [0.05, 0.1) is 42.2 Å². The molecule has 10 heteroatoms. The maximum Gasteiger partial charge on any atom is 0.251 e. The van der Waals surface area contributed by atoms with Crippen LogP contribution in [0.25, 0.3) is 11.3 Å². The fraction of sp³-hybridized carbons (Fsp3) is 0.333. The summed E-state index contributed by atoms with van der Waals surface area (Å²) in [4.78, 5) is 25.5. The third-order valence-electron chi connectivity index (χ3n) is 5.57. The van der Waals surface area contributed by atoms with Gasteiger partial charge < -0.3 is 10.1 Å². The molecular formula is C24H27N5O4S. The third kappa shape index (κ3) is 5.88. The Balaban J connectivity index is 1.36. The topological polar surface area (TPSA) is 123 Å². The van der Waals surface area contributed by atoms with Crippen LogP contribution >= 0.6 is 0 Å². The van der Waals surface area contributed by atoms with E-state index in [9.17, 15) is 13.2 Å². The SMILES string of the molecule is CCOc1cncc(-c2ccc(C(=O)NCc3cccc(NS(=O)(=O)C4CCCC4)n3)cc2)n1. The molecule has 1 aromatic carbocycles. The van der Waals surface area contributed by atoms with Crippen LogP contribution in [-0.2, 0) is 16.6 Å². The van der Waals surface area contributed by atoms with E-state index in [1.54, 1.807) is 54.9 Å². The summed E-state index contributed by atoms with van der Waals surface area (Å²) in [7, 11) is -3.45. The zero-order valence-corrected chi connectivity index (χ0v) is 19.7. The van der Waals surface area contributed by atoms with Gasteiger partial charge in [-0.3, -0.25) is 14.5 Å². The van der Waals surface area contributed by atoms with Crippen molar-refractivity contribution in [2.75, 3.05) is 11.3 Å². The fourth-order valence-corrected chi connectivity index (χ4v) is 5.36. The van der Waals surface area contributed by atoms with Crippen LogP contribution in [0.15, 0.2) is 54.9 Å². The number of hydrogen-bond acceptors (Lipinski definition) is 7. The highest BCUT2D eigenvalue weighted by Gasteiger charge is 2.28. The number of nitrogens with zero attached hydrogens (tertiary/aromatic N) is 3. The zero-order valence-electron chi connectivity index (χ0n) is 18.9. The lowest BCUT2D eigenvalue weighted by atomic mass is 10.1. The summed E-state index contributed by atoms with van der Waals surface area (Å²) >= 11 is 0. The molecule has 1 amide bonds. The van der Waals surface area contributed by atoms with E-state index in [-0.39, 0.29) is 23.5 Å². The molecule has 0 aliphatic heterocycles. The first-order valence-corrected chi connectivity index (χ1v) is 12.8. The van der Waals surface area contributed by atoms with Crippen molar-refractivity contribution in [2.45, 2.75) is 44.4 Å². The van der Waals surface area contributed by atoms with Gasteiger partial charge in [0.25, 0.3) is 5.91 Å². The van der Waals surface area contributed by atoms with Crippen LogP contribution in [0.1, 0.15) is 48.7 Å². The second kappa shape index (κ2) is 10.6. The first-order valence-electron chi connectivity index (χ1n) is 11.3. The molecule has 1 aliphatic rings. The molecule has 0 unspecified atom stereocenters. The molecule has 0 spiro atoms. The molecule has 178 valence electrons. The predicted molar refractivity (Wildman–Crippen MR) is 129 cm³/mol. The minimum Gasteiger partial charge on any atom is -0.477 e. The third-order valence-corrected chi connectivity index (χ3v) is 7.41. The van der Waals surface area contributed by atoms with E-state index >= 15 is 0 Å². The van der Waals surface area contributed by atoms with Gasteiger partial charge in [0.15, 0.2) is 0 Å². The number of anilines is 1. The maximum atomic E-state index is 12.6. The molecule has 2 N–H and O–H groups in total. The van der Waals surface area contributed by atoms with Gasteiger partial charge in [-0.05, 0) is 44.0 Å². The average Bonchev–Trinajstić information content (AvgIpc) is 3.39. The lowest BCUT2D eigenvalue weighted by Gasteiger charge is -2.13. The Labute approximate surface area is 199 Å². The van der Waals surface area contributed by atoms with Gasteiger partial charge in [-0.15, -0.1) is 0 Å². The normalized spacial score (nSPS) is 14.0. The largest absolute Gasteiger partial charge is 0.477 e. The van der Waals surface area contributed by atoms with Crippen molar-refractivity contribution >= 4 is 21.7 Å². The number of benzene rings is 1. The molecule has 0 bridgehead atoms. The van der Waals surface area contributed by atoms with Crippen molar-refractivity contribution in [2.24, 2.45) is 0 Å². The molecular weight excluding hydrogens is 454 g/mol. The van der Waals surface area contributed by atoms with Gasteiger partial charge in [0.2, 0.25) is 15.9 Å². The number of ether oxygens (including phenoxy) is 1. The van der Waals surface area contributed by atoms with Crippen LogP contribution in [0, 0.1) is 0 Å². The van der Waals surface area contributed by atoms with Gasteiger partial charge in [0.1, 0.15) is 5.82 Å². The molecule has 2 aromatic heterocycles. The molecule has 1 saturated carbocycles. The molecule has 0 atom stereocenters. The maximum absolute atomic E-state index is 12.6. The fourth-order valence-electron chi connectivity index (χ4n) is 3.83. The first kappa shape index (κ1) is 23.6. The Morgan fingerprint density at radius 1 is 1.06 bits per heavy atom. The summed E-state index contributed by atoms with van der Waals surface area (Å²) in [6.45, 7) is 2.55. The highest BCUT2D eigenvalue weighted by Crippen LogP contribution is 2.26. The summed E-state index contributed by atoms with van der Waals surface area (Å²) in [6.07, 6.45) is 6.40. The molecule has 34 heavy (non-hydrogen) atoms. The van der Waals surface area contributed by atoms with Crippen molar-refractivity contribution in [1.29, 1.82) is 0 Å². The van der Waals surface area contributed by atoms with E-state index < -0.39 is 10.0 Å². The van der Waals surface area contributed by atoms with E-state index in [4.69, 9.17) is 4.74 Å². The number of carbonyl (C=O) groups is 1. The number of sulfonamides is 1. The van der Waals surface area contributed by atoms with Crippen LogP contribution in [0.2, 0.25) is 0 Å². The van der Waals surface area contributed by atoms with Crippen molar-refractivity contribution in [3.8, 4) is 17.1 Å². The Hall–Kier alpha value is -3.53. The lowest BCUT2D eigenvalue weighted by molar-refractivity contribution is 0.0950. The summed E-state index contributed by atoms with van der Waals surface area (Å²) in [5, 5.41) is 2.45. The minimum absolute atomic E-state index is 0.168. The van der Waals surface area contributed by atoms with E-state index in [0.29, 0.717) is 42.3 Å². The van der Waals surface area contributed by atoms with Gasteiger partial charge in [-0.2, -0.15) is 0 Å². The van der Waals surface area contributed by atoms with E-state index in [2.05, 4.69) is 25.0 Å². The molecule has 4 rings (SSSR count). The smallest absolute Gasteiger partial charge is 0.251 e. The molecule has 0 saturated heterocycles. The number of hydrogen-bond donors (Lipinski definition) is 2. The average molecular weight is 482 g/mol. The highest BCUT2D eigenvalue weighted by molar-refractivity contribution is 7.93. The number of amides is 1. The van der Waals surface area contributed by atoms with Crippen LogP contribution in [0.3, 0.4) is 0 Å². The Bertz CT molecular complexity index is 1240.